The Hall–Kier alpha value is -2.18. The standard InChI is InChI=1S/C11H9F3N4/c1-15-9-6-8(7-2-4-16-5-3-7)17-10(18-9)11(12,13)14/h2-6H,1H3,(H,15,17,18). The van der Waals surface area contributed by atoms with E-state index in [2.05, 4.69) is 20.3 Å². The molecule has 0 aliphatic rings. The number of alkyl halides is 3. The summed E-state index contributed by atoms with van der Waals surface area (Å²) < 4.78 is 37.9. The normalized spacial score (nSPS) is 11.3. The molecule has 0 radical (unpaired) electrons. The van der Waals surface area contributed by atoms with Crippen molar-refractivity contribution < 1.29 is 13.2 Å². The fourth-order valence-corrected chi connectivity index (χ4v) is 1.37. The highest BCUT2D eigenvalue weighted by Crippen LogP contribution is 2.29. The molecule has 2 aromatic rings. The van der Waals surface area contributed by atoms with E-state index in [0.29, 0.717) is 5.56 Å². The Balaban J connectivity index is 2.55. The van der Waals surface area contributed by atoms with E-state index < -0.39 is 12.0 Å². The van der Waals surface area contributed by atoms with Gasteiger partial charge in [-0.2, -0.15) is 13.2 Å². The number of hydrogen-bond acceptors (Lipinski definition) is 4. The maximum absolute atomic E-state index is 12.6. The molecule has 0 saturated carbocycles. The van der Waals surface area contributed by atoms with Gasteiger partial charge in [-0.1, -0.05) is 0 Å². The molecule has 0 aliphatic carbocycles. The van der Waals surface area contributed by atoms with E-state index in [4.69, 9.17) is 0 Å². The summed E-state index contributed by atoms with van der Waals surface area (Å²) in [4.78, 5) is 10.7. The molecule has 94 valence electrons. The van der Waals surface area contributed by atoms with Crippen LogP contribution in [0.2, 0.25) is 0 Å². The van der Waals surface area contributed by atoms with Gasteiger partial charge in [-0.3, -0.25) is 4.98 Å². The molecule has 2 heterocycles. The highest BCUT2D eigenvalue weighted by molar-refractivity contribution is 5.61. The third-order valence-corrected chi connectivity index (χ3v) is 2.21. The first kappa shape index (κ1) is 12.3. The molecule has 0 spiro atoms. The van der Waals surface area contributed by atoms with Crippen LogP contribution in [0.1, 0.15) is 5.82 Å². The topological polar surface area (TPSA) is 50.7 Å². The minimum Gasteiger partial charge on any atom is -0.373 e. The molecule has 7 heteroatoms. The van der Waals surface area contributed by atoms with E-state index >= 15 is 0 Å². The van der Waals surface area contributed by atoms with Crippen molar-refractivity contribution >= 4 is 5.82 Å². The molecule has 2 rings (SSSR count). The second-order valence-corrected chi connectivity index (χ2v) is 3.45. The molecule has 0 bridgehead atoms. The van der Waals surface area contributed by atoms with Gasteiger partial charge in [0.05, 0.1) is 5.69 Å². The van der Waals surface area contributed by atoms with Crippen LogP contribution in [0.15, 0.2) is 30.6 Å². The van der Waals surface area contributed by atoms with Gasteiger partial charge < -0.3 is 5.32 Å². The Morgan fingerprint density at radius 2 is 1.78 bits per heavy atom. The van der Waals surface area contributed by atoms with E-state index in [9.17, 15) is 13.2 Å². The zero-order valence-corrected chi connectivity index (χ0v) is 9.36. The lowest BCUT2D eigenvalue weighted by Crippen LogP contribution is -2.13. The highest BCUT2D eigenvalue weighted by Gasteiger charge is 2.35. The van der Waals surface area contributed by atoms with Crippen LogP contribution >= 0.6 is 0 Å². The first-order chi connectivity index (χ1) is 8.50. The third-order valence-electron chi connectivity index (χ3n) is 2.21. The van der Waals surface area contributed by atoms with Crippen molar-refractivity contribution in [2.75, 3.05) is 12.4 Å². The minimum atomic E-state index is -4.57. The molecule has 0 atom stereocenters. The van der Waals surface area contributed by atoms with E-state index in [1.54, 1.807) is 12.1 Å². The molecule has 4 nitrogen and oxygen atoms in total. The van der Waals surface area contributed by atoms with Gasteiger partial charge in [0.2, 0.25) is 5.82 Å². The molecule has 2 aromatic heterocycles. The predicted molar refractivity (Wildman–Crippen MR) is 59.8 cm³/mol. The van der Waals surface area contributed by atoms with Crippen molar-refractivity contribution in [2.45, 2.75) is 6.18 Å². The summed E-state index contributed by atoms with van der Waals surface area (Å²) in [5, 5.41) is 2.58. The summed E-state index contributed by atoms with van der Waals surface area (Å²) in [6, 6.07) is 4.62. The van der Waals surface area contributed by atoms with E-state index in [-0.39, 0.29) is 11.5 Å². The molecular weight excluding hydrogens is 245 g/mol. The molecule has 0 saturated heterocycles. The molecule has 18 heavy (non-hydrogen) atoms. The number of aromatic nitrogens is 3. The van der Waals surface area contributed by atoms with Crippen molar-refractivity contribution in [1.29, 1.82) is 0 Å². The Bertz CT molecular complexity index is 540. The lowest BCUT2D eigenvalue weighted by atomic mass is 10.2. The molecule has 0 amide bonds. The molecule has 0 unspecified atom stereocenters. The largest absolute Gasteiger partial charge is 0.451 e. The summed E-state index contributed by atoms with van der Waals surface area (Å²) >= 11 is 0. The van der Waals surface area contributed by atoms with Gasteiger partial charge in [0, 0.05) is 31.1 Å². The van der Waals surface area contributed by atoms with Crippen LogP contribution in [0.4, 0.5) is 19.0 Å². The summed E-state index contributed by atoms with van der Waals surface area (Å²) in [5.41, 5.74) is 0.749. The lowest BCUT2D eigenvalue weighted by molar-refractivity contribution is -0.144. The summed E-state index contributed by atoms with van der Waals surface area (Å²) in [7, 11) is 1.50. The van der Waals surface area contributed by atoms with Gasteiger partial charge in [0.25, 0.3) is 0 Å². The first-order valence-electron chi connectivity index (χ1n) is 5.05. The van der Waals surface area contributed by atoms with Gasteiger partial charge in [0.15, 0.2) is 0 Å². The van der Waals surface area contributed by atoms with Gasteiger partial charge in [0.1, 0.15) is 5.82 Å². The number of halogens is 3. The molecular formula is C11H9F3N4. The van der Waals surface area contributed by atoms with Crippen LogP contribution in [0.25, 0.3) is 11.3 Å². The summed E-state index contributed by atoms with van der Waals surface area (Å²) in [6.45, 7) is 0. The van der Waals surface area contributed by atoms with E-state index in [0.717, 1.165) is 0 Å². The molecule has 0 fully saturated rings. The Morgan fingerprint density at radius 1 is 1.11 bits per heavy atom. The molecule has 0 aromatic carbocycles. The van der Waals surface area contributed by atoms with Gasteiger partial charge in [-0.15, -0.1) is 0 Å². The van der Waals surface area contributed by atoms with Gasteiger partial charge >= 0.3 is 6.18 Å². The van der Waals surface area contributed by atoms with E-state index in [1.807, 2.05) is 0 Å². The van der Waals surface area contributed by atoms with Crippen molar-refractivity contribution in [3.05, 3.63) is 36.4 Å². The van der Waals surface area contributed by atoms with Crippen molar-refractivity contribution in [3.63, 3.8) is 0 Å². The van der Waals surface area contributed by atoms with E-state index in [1.165, 1.54) is 25.5 Å². The van der Waals surface area contributed by atoms with Crippen LogP contribution in [0.5, 0.6) is 0 Å². The smallest absolute Gasteiger partial charge is 0.373 e. The lowest BCUT2D eigenvalue weighted by Gasteiger charge is -2.09. The zero-order chi connectivity index (χ0) is 13.2. The van der Waals surface area contributed by atoms with Crippen LogP contribution < -0.4 is 5.32 Å². The zero-order valence-electron chi connectivity index (χ0n) is 9.36. The second-order valence-electron chi connectivity index (χ2n) is 3.45. The quantitative estimate of drug-likeness (QED) is 0.895. The number of anilines is 1. The fourth-order valence-electron chi connectivity index (χ4n) is 1.37. The highest BCUT2D eigenvalue weighted by atomic mass is 19.4. The Morgan fingerprint density at radius 3 is 2.33 bits per heavy atom. The van der Waals surface area contributed by atoms with Crippen molar-refractivity contribution in [3.8, 4) is 11.3 Å². The minimum absolute atomic E-state index is 0.115. The number of hydrogen-bond donors (Lipinski definition) is 1. The fraction of sp³-hybridized carbons (Fsp3) is 0.182. The second kappa shape index (κ2) is 4.59. The van der Waals surface area contributed by atoms with Crippen LogP contribution in [-0.4, -0.2) is 22.0 Å². The summed E-state index contributed by atoms with van der Waals surface area (Å²) in [6.07, 6.45) is -1.60. The molecule has 0 aliphatic heterocycles. The van der Waals surface area contributed by atoms with Crippen molar-refractivity contribution in [1.82, 2.24) is 15.0 Å². The average Bonchev–Trinajstić information content (AvgIpc) is 2.38. The van der Waals surface area contributed by atoms with Gasteiger partial charge in [-0.25, -0.2) is 9.97 Å². The van der Waals surface area contributed by atoms with Gasteiger partial charge in [-0.05, 0) is 12.1 Å². The van der Waals surface area contributed by atoms with Crippen LogP contribution in [-0.2, 0) is 6.18 Å². The Labute approximate surface area is 101 Å². The molecule has 1 N–H and O–H groups in total. The Kier molecular flexibility index (Phi) is 3.14. The average molecular weight is 254 g/mol. The third kappa shape index (κ3) is 2.55. The SMILES string of the molecule is CNc1cc(-c2ccncc2)nc(C(F)(F)F)n1. The summed E-state index contributed by atoms with van der Waals surface area (Å²) in [5.74, 6) is -1.05. The predicted octanol–water partition coefficient (Wildman–Crippen LogP) is 2.60. The number of rotatable bonds is 2. The first-order valence-corrected chi connectivity index (χ1v) is 5.05. The van der Waals surface area contributed by atoms with Crippen LogP contribution in [0.3, 0.4) is 0 Å². The van der Waals surface area contributed by atoms with Crippen LogP contribution in [0, 0.1) is 0 Å². The monoisotopic (exact) mass is 254 g/mol. The number of nitrogens with zero attached hydrogens (tertiary/aromatic N) is 3. The maximum Gasteiger partial charge on any atom is 0.451 e. The van der Waals surface area contributed by atoms with Crippen molar-refractivity contribution in [2.24, 2.45) is 0 Å². The number of nitrogens with one attached hydrogen (secondary N) is 1. The number of pyridine rings is 1. The maximum atomic E-state index is 12.6.